The van der Waals surface area contributed by atoms with E-state index in [0.717, 1.165) is 18.5 Å². The van der Waals surface area contributed by atoms with Gasteiger partial charge in [0.05, 0.1) is 23.4 Å². The maximum absolute atomic E-state index is 13.5. The Bertz CT molecular complexity index is 909. The van der Waals surface area contributed by atoms with Gasteiger partial charge in [-0.15, -0.1) is 0 Å². The molecule has 1 aliphatic heterocycles. The summed E-state index contributed by atoms with van der Waals surface area (Å²) in [5.41, 5.74) is 6.26. The summed E-state index contributed by atoms with van der Waals surface area (Å²) in [6.07, 6.45) is 2.95. The monoisotopic (exact) mass is 361 g/mol. The molecule has 0 saturated carbocycles. The Morgan fingerprint density at radius 3 is 2.44 bits per heavy atom. The van der Waals surface area contributed by atoms with Gasteiger partial charge in [0.15, 0.2) is 5.41 Å². The normalized spacial score (nSPS) is 24.2. The molecular weight excluding hydrogens is 341 g/mol. The Balaban J connectivity index is 2.25. The van der Waals surface area contributed by atoms with Crippen molar-refractivity contribution in [3.63, 3.8) is 0 Å². The molecule has 0 aromatic heterocycles. The second-order valence-corrected chi connectivity index (χ2v) is 6.99. The van der Waals surface area contributed by atoms with E-state index in [1.165, 1.54) is 12.1 Å². The summed E-state index contributed by atoms with van der Waals surface area (Å²) in [6.45, 7) is 4.28. The second-order valence-electron chi connectivity index (χ2n) is 6.99. The smallest absolute Gasteiger partial charge is 0.191 e. The summed E-state index contributed by atoms with van der Waals surface area (Å²) in [4.78, 5) is 2.24. The minimum Gasteiger partial charge on any atom is -0.399 e. The number of halogens is 1. The average Bonchev–Trinajstić information content (AvgIpc) is 2.68. The van der Waals surface area contributed by atoms with Crippen molar-refractivity contribution in [3.05, 3.63) is 58.6 Å². The first-order valence-electron chi connectivity index (χ1n) is 8.93. The first-order chi connectivity index (χ1) is 13.0. The van der Waals surface area contributed by atoms with E-state index < -0.39 is 11.3 Å². The second kappa shape index (κ2) is 7.23. The number of nitrogens with zero attached hydrogens (tertiary/aromatic N) is 4. The molecule has 0 saturated heterocycles. The number of rotatable bonds is 3. The highest BCUT2D eigenvalue weighted by Crippen LogP contribution is 2.54. The molecule has 1 aromatic rings. The van der Waals surface area contributed by atoms with Gasteiger partial charge in [0.1, 0.15) is 11.9 Å². The number of nitriles is 3. The maximum Gasteiger partial charge on any atom is 0.191 e. The van der Waals surface area contributed by atoms with Crippen LogP contribution < -0.4 is 5.73 Å². The molecule has 0 spiro atoms. The Hall–Kier alpha value is -3.14. The fourth-order valence-electron chi connectivity index (χ4n) is 4.28. The third-order valence-corrected chi connectivity index (χ3v) is 5.51. The molecule has 27 heavy (non-hydrogen) atoms. The predicted octanol–water partition coefficient (Wildman–Crippen LogP) is 2.96. The van der Waals surface area contributed by atoms with Crippen LogP contribution >= 0.6 is 0 Å². The Morgan fingerprint density at radius 2 is 1.89 bits per heavy atom. The van der Waals surface area contributed by atoms with Gasteiger partial charge in [0, 0.05) is 24.9 Å². The standard InChI is InChI=1S/C21H20FN5/c1-2-8-27-9-7-16-17(10-23)20(26)21(12-24,13-25)19(18(16)11-27)14-3-5-15(22)6-4-14/h3-7,18-19H,2,8-9,11,26H2,1H3/t18-,19+/m0/s1. The van der Waals surface area contributed by atoms with Crippen molar-refractivity contribution >= 4 is 0 Å². The Morgan fingerprint density at radius 1 is 1.22 bits per heavy atom. The van der Waals surface area contributed by atoms with E-state index in [-0.39, 0.29) is 23.0 Å². The van der Waals surface area contributed by atoms with Crippen molar-refractivity contribution in [2.24, 2.45) is 17.1 Å². The number of allylic oxidation sites excluding steroid dienone is 2. The highest BCUT2D eigenvalue weighted by atomic mass is 19.1. The van der Waals surface area contributed by atoms with Gasteiger partial charge in [0.2, 0.25) is 0 Å². The number of benzene rings is 1. The third kappa shape index (κ3) is 2.87. The lowest BCUT2D eigenvalue weighted by molar-refractivity contribution is 0.207. The van der Waals surface area contributed by atoms with Gasteiger partial charge in [-0.2, -0.15) is 15.8 Å². The van der Waals surface area contributed by atoms with Crippen LogP contribution in [0.25, 0.3) is 0 Å². The molecule has 2 N–H and O–H groups in total. The van der Waals surface area contributed by atoms with Gasteiger partial charge in [0.25, 0.3) is 0 Å². The van der Waals surface area contributed by atoms with Gasteiger partial charge in [-0.1, -0.05) is 25.1 Å². The van der Waals surface area contributed by atoms with E-state index in [1.807, 2.05) is 6.08 Å². The van der Waals surface area contributed by atoms with Crippen LogP contribution in [-0.4, -0.2) is 24.5 Å². The summed E-state index contributed by atoms with van der Waals surface area (Å²) < 4.78 is 13.5. The number of fused-ring (bicyclic) bond motifs is 1. The summed E-state index contributed by atoms with van der Waals surface area (Å²) in [5, 5.41) is 29.6. The van der Waals surface area contributed by atoms with Crippen LogP contribution in [0.1, 0.15) is 24.8 Å². The molecule has 3 rings (SSSR count). The van der Waals surface area contributed by atoms with Crippen LogP contribution in [0.2, 0.25) is 0 Å². The lowest BCUT2D eigenvalue weighted by Gasteiger charge is -2.45. The quantitative estimate of drug-likeness (QED) is 0.892. The zero-order valence-corrected chi connectivity index (χ0v) is 15.1. The molecule has 0 radical (unpaired) electrons. The molecule has 1 aliphatic carbocycles. The summed E-state index contributed by atoms with van der Waals surface area (Å²) in [5.74, 6) is -1.20. The Labute approximate surface area is 158 Å². The van der Waals surface area contributed by atoms with E-state index in [2.05, 4.69) is 30.0 Å². The van der Waals surface area contributed by atoms with Crippen molar-refractivity contribution < 1.29 is 4.39 Å². The largest absolute Gasteiger partial charge is 0.399 e. The molecule has 1 aromatic carbocycles. The maximum atomic E-state index is 13.5. The number of hydrogen-bond acceptors (Lipinski definition) is 5. The van der Waals surface area contributed by atoms with Crippen molar-refractivity contribution in [1.82, 2.24) is 4.90 Å². The predicted molar refractivity (Wildman–Crippen MR) is 97.9 cm³/mol. The van der Waals surface area contributed by atoms with Crippen LogP contribution in [0.4, 0.5) is 4.39 Å². The van der Waals surface area contributed by atoms with Gasteiger partial charge in [-0.3, -0.25) is 4.90 Å². The zero-order valence-electron chi connectivity index (χ0n) is 15.1. The van der Waals surface area contributed by atoms with Crippen LogP contribution in [0.15, 0.2) is 47.2 Å². The zero-order chi connectivity index (χ0) is 19.6. The lowest BCUT2D eigenvalue weighted by atomic mass is 9.58. The molecule has 0 fully saturated rings. The molecule has 136 valence electrons. The highest BCUT2D eigenvalue weighted by Gasteiger charge is 2.54. The fourth-order valence-corrected chi connectivity index (χ4v) is 4.28. The summed E-state index contributed by atoms with van der Waals surface area (Å²) in [7, 11) is 0. The third-order valence-electron chi connectivity index (χ3n) is 5.51. The van der Waals surface area contributed by atoms with Crippen molar-refractivity contribution in [1.29, 1.82) is 15.8 Å². The van der Waals surface area contributed by atoms with Crippen LogP contribution in [0.5, 0.6) is 0 Å². The molecule has 6 heteroatoms. The van der Waals surface area contributed by atoms with E-state index in [9.17, 15) is 20.2 Å². The van der Waals surface area contributed by atoms with Crippen LogP contribution in [0.3, 0.4) is 0 Å². The molecule has 0 amide bonds. The topological polar surface area (TPSA) is 101 Å². The van der Waals surface area contributed by atoms with Crippen LogP contribution in [0, 0.1) is 51.1 Å². The first kappa shape index (κ1) is 18.6. The first-order valence-corrected chi connectivity index (χ1v) is 8.93. The van der Waals surface area contributed by atoms with E-state index in [0.29, 0.717) is 18.7 Å². The van der Waals surface area contributed by atoms with Gasteiger partial charge in [-0.05, 0) is 36.2 Å². The van der Waals surface area contributed by atoms with E-state index in [4.69, 9.17) is 5.73 Å². The summed E-state index contributed by atoms with van der Waals surface area (Å²) in [6, 6.07) is 12.1. The molecule has 0 bridgehead atoms. The molecule has 2 aliphatic rings. The minimum atomic E-state index is -1.67. The lowest BCUT2D eigenvalue weighted by Crippen LogP contribution is -2.48. The SMILES string of the molecule is CCCN1CC=C2C(C#N)=C(N)C(C#N)(C#N)[C@H](c3ccc(F)cc3)[C@H]2C1. The molecule has 2 atom stereocenters. The van der Waals surface area contributed by atoms with Crippen LogP contribution in [-0.2, 0) is 0 Å². The van der Waals surface area contributed by atoms with Crippen molar-refractivity contribution in [3.8, 4) is 18.2 Å². The number of hydrogen-bond donors (Lipinski definition) is 1. The molecular formula is C21H20FN5. The van der Waals surface area contributed by atoms with E-state index >= 15 is 0 Å². The average molecular weight is 361 g/mol. The van der Waals surface area contributed by atoms with E-state index in [1.54, 1.807) is 12.1 Å². The Kier molecular flexibility index (Phi) is 5.00. The van der Waals surface area contributed by atoms with Crippen molar-refractivity contribution in [2.45, 2.75) is 19.3 Å². The van der Waals surface area contributed by atoms with Crippen molar-refractivity contribution in [2.75, 3.05) is 19.6 Å². The van der Waals surface area contributed by atoms with Gasteiger partial charge < -0.3 is 5.73 Å². The molecule has 5 nitrogen and oxygen atoms in total. The molecule has 1 heterocycles. The number of nitrogens with two attached hydrogens (primary N) is 1. The summed E-state index contributed by atoms with van der Waals surface area (Å²) >= 11 is 0. The molecule has 0 unspecified atom stereocenters. The van der Waals surface area contributed by atoms with Gasteiger partial charge >= 0.3 is 0 Å². The highest BCUT2D eigenvalue weighted by molar-refractivity contribution is 5.59. The van der Waals surface area contributed by atoms with Gasteiger partial charge in [-0.25, -0.2) is 4.39 Å². The fraction of sp³-hybridized carbons (Fsp3) is 0.381. The minimum absolute atomic E-state index is 0.00392.